The highest BCUT2D eigenvalue weighted by molar-refractivity contribution is 5.91. The Bertz CT molecular complexity index is 1140. The van der Waals surface area contributed by atoms with Crippen LogP contribution < -0.4 is 32.9 Å². The maximum absolute atomic E-state index is 12.0. The van der Waals surface area contributed by atoms with Crippen molar-refractivity contribution in [2.24, 2.45) is 11.6 Å². The molecule has 0 saturated heterocycles. The molecule has 0 aromatic heterocycles. The van der Waals surface area contributed by atoms with Gasteiger partial charge in [0.2, 0.25) is 23.6 Å². The van der Waals surface area contributed by atoms with Crippen molar-refractivity contribution >= 4 is 35.5 Å². The van der Waals surface area contributed by atoms with E-state index in [1.165, 1.54) is 0 Å². The van der Waals surface area contributed by atoms with Crippen molar-refractivity contribution in [3.63, 3.8) is 0 Å². The average molecular weight is 717 g/mol. The first-order valence-corrected chi connectivity index (χ1v) is 15.6. The summed E-state index contributed by atoms with van der Waals surface area (Å²) in [5.41, 5.74) is 5.97. The van der Waals surface area contributed by atoms with Gasteiger partial charge in [-0.2, -0.15) is 0 Å². The van der Waals surface area contributed by atoms with E-state index in [-0.39, 0.29) is 112 Å². The molecule has 8 N–H and O–H groups in total. The molecule has 20 nitrogen and oxygen atoms in total. The van der Waals surface area contributed by atoms with Crippen LogP contribution in [0.1, 0.15) is 15.9 Å². The number of primary amides is 1. The molecule has 0 aliphatic carbocycles. The van der Waals surface area contributed by atoms with Crippen LogP contribution in [-0.2, 0) is 68.6 Å². The maximum atomic E-state index is 12.0. The molecule has 0 aliphatic rings. The summed E-state index contributed by atoms with van der Waals surface area (Å²) in [5.74, 6) is 2.04. The summed E-state index contributed by atoms with van der Waals surface area (Å²) >= 11 is 0. The van der Waals surface area contributed by atoms with E-state index in [0.717, 1.165) is 5.56 Å². The summed E-state index contributed by atoms with van der Waals surface area (Å²) < 4.78 is 36.1. The molecule has 0 spiro atoms. The van der Waals surface area contributed by atoms with Crippen molar-refractivity contribution in [2.45, 2.75) is 6.61 Å². The molecule has 50 heavy (non-hydrogen) atoms. The molecule has 282 valence electrons. The summed E-state index contributed by atoms with van der Waals surface area (Å²) in [5, 5.41) is 10.3. The van der Waals surface area contributed by atoms with Gasteiger partial charge < -0.3 is 60.2 Å². The summed E-state index contributed by atoms with van der Waals surface area (Å²) in [6, 6.07) is 6.43. The monoisotopic (exact) mass is 716 g/mol. The number of nitrogens with one attached hydrogen (secondary N) is 4. The van der Waals surface area contributed by atoms with Gasteiger partial charge in [0.15, 0.2) is 6.61 Å². The number of ether oxygens (including phenoxy) is 7. The molecule has 0 fully saturated rings. The van der Waals surface area contributed by atoms with E-state index in [1.807, 2.05) is 0 Å². The highest BCUT2D eigenvalue weighted by Gasteiger charge is 2.10. The van der Waals surface area contributed by atoms with Gasteiger partial charge >= 0.3 is 5.97 Å². The predicted molar refractivity (Wildman–Crippen MR) is 172 cm³/mol. The van der Waals surface area contributed by atoms with Gasteiger partial charge in [0.05, 0.1) is 65.0 Å². The van der Waals surface area contributed by atoms with E-state index in [2.05, 4.69) is 26.1 Å². The number of carbonyl (C=O) groups is 6. The zero-order valence-corrected chi connectivity index (χ0v) is 27.9. The van der Waals surface area contributed by atoms with E-state index in [0.29, 0.717) is 5.56 Å². The number of esters is 1. The minimum Gasteiger partial charge on any atom is -0.452 e. The zero-order valence-electron chi connectivity index (χ0n) is 27.9. The van der Waals surface area contributed by atoms with Gasteiger partial charge in [0.25, 0.3) is 5.91 Å². The molecule has 1 aromatic rings. The fourth-order valence-corrected chi connectivity index (χ4v) is 3.43. The minimum absolute atomic E-state index is 0.209. The first-order valence-electron chi connectivity index (χ1n) is 15.6. The molecular weight excluding hydrogens is 668 g/mol. The van der Waals surface area contributed by atoms with Gasteiger partial charge in [0, 0.05) is 26.2 Å². The molecule has 1 aromatic carbocycles. The Hall–Kier alpha value is -4.28. The summed E-state index contributed by atoms with van der Waals surface area (Å²) in [4.78, 5) is 73.9. The zero-order chi connectivity index (χ0) is 36.7. The number of amides is 5. The smallest absolute Gasteiger partial charge is 0.338 e. The molecule has 0 unspecified atom stereocenters. The van der Waals surface area contributed by atoms with Crippen LogP contribution in [0.5, 0.6) is 0 Å². The van der Waals surface area contributed by atoms with Crippen LogP contribution in [0.25, 0.3) is 0 Å². The van der Waals surface area contributed by atoms with Gasteiger partial charge in [0.1, 0.15) is 26.4 Å². The molecule has 0 radical (unpaired) electrons. The highest BCUT2D eigenvalue weighted by atomic mass is 16.6. The summed E-state index contributed by atoms with van der Waals surface area (Å²) in [6.45, 7) is 1.61. The number of hydrogen-bond donors (Lipinski definition) is 6. The lowest BCUT2D eigenvalue weighted by Crippen LogP contribution is -2.34. The summed E-state index contributed by atoms with van der Waals surface area (Å²) in [7, 11) is 0. The molecule has 0 saturated carbocycles. The first kappa shape index (κ1) is 43.7. The van der Waals surface area contributed by atoms with Crippen LogP contribution in [-0.4, -0.2) is 148 Å². The Kier molecular flexibility index (Phi) is 25.9. The van der Waals surface area contributed by atoms with Gasteiger partial charge in [-0.1, -0.05) is 12.1 Å². The average Bonchev–Trinajstić information content (AvgIpc) is 3.09. The second-order valence-corrected chi connectivity index (χ2v) is 9.89. The van der Waals surface area contributed by atoms with Crippen molar-refractivity contribution in [1.82, 2.24) is 21.3 Å². The topological polar surface area (TPSA) is 276 Å². The van der Waals surface area contributed by atoms with Crippen molar-refractivity contribution in [1.29, 1.82) is 0 Å². The third-order valence-corrected chi connectivity index (χ3v) is 5.74. The molecule has 1 rings (SSSR count). The van der Waals surface area contributed by atoms with Gasteiger partial charge in [-0.3, -0.25) is 28.8 Å². The lowest BCUT2D eigenvalue weighted by molar-refractivity contribution is -0.132. The fourth-order valence-electron chi connectivity index (χ4n) is 3.43. The molecule has 0 heterocycles. The van der Waals surface area contributed by atoms with E-state index < -0.39 is 42.1 Å². The molecular formula is C30H48N6O14. The number of rotatable bonds is 31. The highest BCUT2D eigenvalue weighted by Crippen LogP contribution is 2.06. The number of nitrogens with two attached hydrogens (primary N) is 2. The lowest BCUT2D eigenvalue weighted by Gasteiger charge is -2.09. The Morgan fingerprint density at radius 3 is 1.26 bits per heavy atom. The normalized spacial score (nSPS) is 10.7. The number of benzene rings is 1. The van der Waals surface area contributed by atoms with Crippen LogP contribution in [0.3, 0.4) is 0 Å². The maximum Gasteiger partial charge on any atom is 0.338 e. The SMILES string of the molecule is NOCc1ccc(C(=O)OCC(=O)NCCOCCOCCNC(=O)COCC(=O)NCCOCCOCCNC(=O)COCC(N)=O)cc1. The Labute approximate surface area is 289 Å². The van der Waals surface area contributed by atoms with Gasteiger partial charge in [-0.15, -0.1) is 0 Å². The third-order valence-electron chi connectivity index (χ3n) is 5.74. The van der Waals surface area contributed by atoms with Crippen molar-refractivity contribution in [3.8, 4) is 0 Å². The largest absolute Gasteiger partial charge is 0.452 e. The lowest BCUT2D eigenvalue weighted by atomic mass is 10.1. The number of carbonyl (C=O) groups excluding carboxylic acids is 6. The quantitative estimate of drug-likeness (QED) is 0.0245. The van der Waals surface area contributed by atoms with Crippen molar-refractivity contribution in [2.75, 3.05) is 112 Å². The van der Waals surface area contributed by atoms with E-state index in [1.54, 1.807) is 24.3 Å². The van der Waals surface area contributed by atoms with Crippen LogP contribution >= 0.6 is 0 Å². The van der Waals surface area contributed by atoms with Crippen LogP contribution in [0.15, 0.2) is 24.3 Å². The Morgan fingerprint density at radius 2 is 0.880 bits per heavy atom. The molecule has 0 bridgehead atoms. The van der Waals surface area contributed by atoms with Crippen molar-refractivity contribution in [3.05, 3.63) is 35.4 Å². The third kappa shape index (κ3) is 25.7. The van der Waals surface area contributed by atoms with Gasteiger partial charge in [-0.25, -0.2) is 10.7 Å². The number of hydrogen-bond acceptors (Lipinski definition) is 15. The Morgan fingerprint density at radius 1 is 0.500 bits per heavy atom. The van der Waals surface area contributed by atoms with Crippen molar-refractivity contribution < 1.29 is 66.8 Å². The fraction of sp³-hybridized carbons (Fsp3) is 0.600. The molecule has 20 heteroatoms. The standard InChI is InChI=1S/C30H48N6O14/c31-25(37)18-47-19-26(38)33-5-9-43-13-14-44-10-6-34-27(39)20-48-21-28(40)35-7-11-45-15-16-46-12-8-36-29(41)22-49-30(42)24-3-1-23(2-4-24)17-50-32/h1-4H,5-22,32H2,(H2,31,37)(H,33,38)(H,34,39)(H,35,40)(H,36,41). The Balaban J connectivity index is 1.85. The second-order valence-electron chi connectivity index (χ2n) is 9.89. The minimum atomic E-state index is -0.658. The van der Waals surface area contributed by atoms with E-state index in [9.17, 15) is 28.8 Å². The summed E-state index contributed by atoms with van der Waals surface area (Å²) in [6.07, 6.45) is 0. The molecule has 0 aliphatic heterocycles. The predicted octanol–water partition coefficient (Wildman–Crippen LogP) is -3.72. The van der Waals surface area contributed by atoms with E-state index in [4.69, 9.17) is 44.8 Å². The van der Waals surface area contributed by atoms with Gasteiger partial charge in [-0.05, 0) is 17.7 Å². The molecule has 0 atom stereocenters. The molecule has 5 amide bonds. The van der Waals surface area contributed by atoms with Crippen LogP contribution in [0.2, 0.25) is 0 Å². The first-order chi connectivity index (χ1) is 24.2. The van der Waals surface area contributed by atoms with Crippen LogP contribution in [0.4, 0.5) is 0 Å². The van der Waals surface area contributed by atoms with E-state index >= 15 is 0 Å². The second kappa shape index (κ2) is 29.6. The van der Waals surface area contributed by atoms with Crippen LogP contribution in [0, 0.1) is 0 Å².